The Kier molecular flexibility index (Phi) is 4.60. The molecule has 0 spiro atoms. The van der Waals surface area contributed by atoms with Gasteiger partial charge in [0, 0.05) is 42.4 Å². The number of aromatic nitrogens is 2. The highest BCUT2D eigenvalue weighted by Gasteiger charge is 2.35. The number of aryl methyl sites for hydroxylation is 1. The topological polar surface area (TPSA) is 74.2 Å². The first kappa shape index (κ1) is 19.9. The van der Waals surface area contributed by atoms with E-state index >= 15 is 0 Å². The zero-order valence-electron chi connectivity index (χ0n) is 19.0. The second-order valence-electron chi connectivity index (χ2n) is 10.7. The first-order chi connectivity index (χ1) is 15.4. The predicted octanol–water partition coefficient (Wildman–Crippen LogP) is 4.98. The molecular formula is C26H32N4O2. The van der Waals surface area contributed by atoms with Gasteiger partial charge in [0.15, 0.2) is 5.58 Å². The van der Waals surface area contributed by atoms with Crippen molar-refractivity contribution in [1.82, 2.24) is 9.97 Å². The zero-order valence-corrected chi connectivity index (χ0v) is 19.0. The van der Waals surface area contributed by atoms with E-state index in [4.69, 9.17) is 9.40 Å². The van der Waals surface area contributed by atoms with Crippen molar-refractivity contribution in [2.75, 3.05) is 23.3 Å². The first-order valence-corrected chi connectivity index (χ1v) is 12.1. The zero-order chi connectivity index (χ0) is 21.9. The average Bonchev–Trinajstić information content (AvgIpc) is 3.68. The molecule has 2 saturated carbocycles. The number of nitrogens with zero attached hydrogens (tertiary/aromatic N) is 2. The number of hydrogen-bond donors (Lipinski definition) is 2. The third-order valence-electron chi connectivity index (χ3n) is 7.37. The average molecular weight is 433 g/mol. The predicted molar refractivity (Wildman–Crippen MR) is 127 cm³/mol. The van der Waals surface area contributed by atoms with Gasteiger partial charge in [-0.15, -0.1) is 0 Å². The van der Waals surface area contributed by atoms with Gasteiger partial charge in [0.25, 0.3) is 0 Å². The van der Waals surface area contributed by atoms with Gasteiger partial charge in [0.1, 0.15) is 5.82 Å². The third kappa shape index (κ3) is 3.91. The van der Waals surface area contributed by atoms with Crippen LogP contribution in [0.4, 0.5) is 11.5 Å². The van der Waals surface area contributed by atoms with Crippen LogP contribution in [0.1, 0.15) is 62.8 Å². The summed E-state index contributed by atoms with van der Waals surface area (Å²) < 4.78 is 5.24. The van der Waals surface area contributed by atoms with Crippen molar-refractivity contribution in [3.05, 3.63) is 51.6 Å². The highest BCUT2D eigenvalue weighted by molar-refractivity contribution is 5.76. The van der Waals surface area contributed by atoms with Crippen molar-refractivity contribution in [2.24, 2.45) is 11.8 Å². The van der Waals surface area contributed by atoms with E-state index in [0.717, 1.165) is 42.6 Å². The maximum atomic E-state index is 11.5. The smallest absolute Gasteiger partial charge is 0.408 e. The van der Waals surface area contributed by atoms with Crippen LogP contribution in [0.15, 0.2) is 33.5 Å². The Labute approximate surface area is 188 Å². The molecule has 168 valence electrons. The van der Waals surface area contributed by atoms with Gasteiger partial charge in [0.2, 0.25) is 0 Å². The summed E-state index contributed by atoms with van der Waals surface area (Å²) in [5.41, 5.74) is 6.38. The normalized spacial score (nSPS) is 19.3. The summed E-state index contributed by atoms with van der Waals surface area (Å²) in [5, 5.41) is 3.56. The summed E-state index contributed by atoms with van der Waals surface area (Å²) in [6, 6.07) is 8.17. The first-order valence-electron chi connectivity index (χ1n) is 12.1. The number of benzene rings is 1. The fourth-order valence-electron chi connectivity index (χ4n) is 5.06. The summed E-state index contributed by atoms with van der Waals surface area (Å²) >= 11 is 0. The van der Waals surface area contributed by atoms with Gasteiger partial charge in [-0.1, -0.05) is 13.8 Å². The van der Waals surface area contributed by atoms with Crippen LogP contribution in [-0.2, 0) is 18.4 Å². The van der Waals surface area contributed by atoms with Crippen molar-refractivity contribution >= 4 is 22.6 Å². The Morgan fingerprint density at radius 3 is 2.62 bits per heavy atom. The number of fused-ring (bicyclic) bond motifs is 2. The lowest BCUT2D eigenvalue weighted by atomic mass is 9.90. The van der Waals surface area contributed by atoms with Gasteiger partial charge in [-0.05, 0) is 74.1 Å². The standard InChI is InChI=1S/C26H32N4O2/c1-26(2)10-9-18-11-19(13-27-20-7-8-21-22(12-20)32-25(31)28-21)24(29-23(18)26)30(14-16-3-4-16)15-17-5-6-17/h7-8,11-12,16-17,27H,3-6,9-10,13-15H2,1-2H3,(H,28,31). The summed E-state index contributed by atoms with van der Waals surface area (Å²) in [5.74, 6) is 2.42. The largest absolute Gasteiger partial charge is 0.417 e. The molecule has 0 amide bonds. The van der Waals surface area contributed by atoms with Crippen LogP contribution >= 0.6 is 0 Å². The van der Waals surface area contributed by atoms with Crippen molar-refractivity contribution in [3.8, 4) is 0 Å². The van der Waals surface area contributed by atoms with Crippen molar-refractivity contribution in [2.45, 2.75) is 64.3 Å². The molecule has 0 radical (unpaired) electrons. The Morgan fingerprint density at radius 2 is 1.91 bits per heavy atom. The van der Waals surface area contributed by atoms with Crippen LogP contribution in [0.2, 0.25) is 0 Å². The van der Waals surface area contributed by atoms with Crippen molar-refractivity contribution < 1.29 is 4.42 Å². The Bertz CT molecular complexity index is 1200. The Morgan fingerprint density at radius 1 is 1.16 bits per heavy atom. The number of H-pyrrole nitrogens is 1. The number of hydrogen-bond acceptors (Lipinski definition) is 5. The van der Waals surface area contributed by atoms with E-state index in [2.05, 4.69) is 35.1 Å². The van der Waals surface area contributed by atoms with Gasteiger partial charge >= 0.3 is 5.76 Å². The number of anilines is 2. The van der Waals surface area contributed by atoms with E-state index < -0.39 is 5.76 Å². The monoisotopic (exact) mass is 432 g/mol. The van der Waals surface area contributed by atoms with E-state index in [1.54, 1.807) is 0 Å². The molecule has 2 fully saturated rings. The molecule has 0 saturated heterocycles. The molecule has 2 aromatic heterocycles. The van der Waals surface area contributed by atoms with Crippen molar-refractivity contribution in [3.63, 3.8) is 0 Å². The molecule has 0 atom stereocenters. The van der Waals surface area contributed by atoms with Gasteiger partial charge < -0.3 is 14.6 Å². The van der Waals surface area contributed by atoms with E-state index in [-0.39, 0.29) is 5.41 Å². The van der Waals surface area contributed by atoms with Crippen LogP contribution in [0.3, 0.4) is 0 Å². The third-order valence-corrected chi connectivity index (χ3v) is 7.37. The SMILES string of the molecule is CC1(C)CCc2cc(CNc3ccc4[nH]c(=O)oc4c3)c(N(CC3CC3)CC3CC3)nc21. The minimum absolute atomic E-state index is 0.151. The Hall–Kier alpha value is -2.76. The number of aromatic amines is 1. The molecule has 0 aliphatic heterocycles. The molecule has 2 heterocycles. The molecule has 3 aromatic rings. The number of pyridine rings is 1. The second-order valence-corrected chi connectivity index (χ2v) is 10.7. The summed E-state index contributed by atoms with van der Waals surface area (Å²) in [4.78, 5) is 22.1. The highest BCUT2D eigenvalue weighted by Crippen LogP contribution is 2.41. The van der Waals surface area contributed by atoms with Crippen LogP contribution in [0.25, 0.3) is 11.1 Å². The van der Waals surface area contributed by atoms with Crippen LogP contribution < -0.4 is 16.0 Å². The summed E-state index contributed by atoms with van der Waals surface area (Å²) in [7, 11) is 0. The number of oxazole rings is 1. The van der Waals surface area contributed by atoms with E-state index in [1.807, 2.05) is 18.2 Å². The van der Waals surface area contributed by atoms with Crippen molar-refractivity contribution in [1.29, 1.82) is 0 Å². The molecule has 6 rings (SSSR count). The quantitative estimate of drug-likeness (QED) is 0.525. The number of rotatable bonds is 8. The maximum Gasteiger partial charge on any atom is 0.417 e. The van der Waals surface area contributed by atoms with Gasteiger partial charge in [0.05, 0.1) is 11.2 Å². The highest BCUT2D eigenvalue weighted by atomic mass is 16.4. The van der Waals surface area contributed by atoms with Gasteiger partial charge in [-0.3, -0.25) is 4.98 Å². The molecule has 32 heavy (non-hydrogen) atoms. The molecule has 2 N–H and O–H groups in total. The molecular weight excluding hydrogens is 400 g/mol. The lowest BCUT2D eigenvalue weighted by Gasteiger charge is -2.29. The van der Waals surface area contributed by atoms with Crippen LogP contribution in [0, 0.1) is 11.8 Å². The fraction of sp³-hybridized carbons (Fsp3) is 0.538. The Balaban J connectivity index is 1.33. The summed E-state index contributed by atoms with van der Waals surface area (Å²) in [6.07, 6.45) is 7.69. The molecule has 3 aliphatic carbocycles. The summed E-state index contributed by atoms with van der Waals surface area (Å²) in [6.45, 7) is 7.65. The lowest BCUT2D eigenvalue weighted by Crippen LogP contribution is -2.31. The molecule has 6 nitrogen and oxygen atoms in total. The van der Waals surface area contributed by atoms with Crippen LogP contribution in [-0.4, -0.2) is 23.1 Å². The van der Waals surface area contributed by atoms with Gasteiger partial charge in [-0.2, -0.15) is 0 Å². The van der Waals surface area contributed by atoms with Crippen LogP contribution in [0.5, 0.6) is 0 Å². The maximum absolute atomic E-state index is 11.5. The minimum Gasteiger partial charge on any atom is -0.408 e. The van der Waals surface area contributed by atoms with E-state index in [1.165, 1.54) is 54.7 Å². The van der Waals surface area contributed by atoms with E-state index in [9.17, 15) is 4.79 Å². The van der Waals surface area contributed by atoms with E-state index in [0.29, 0.717) is 12.1 Å². The molecule has 1 aromatic carbocycles. The minimum atomic E-state index is -0.416. The fourth-order valence-corrected chi connectivity index (χ4v) is 5.06. The molecule has 0 unspecified atom stereocenters. The molecule has 3 aliphatic rings. The molecule has 0 bridgehead atoms. The molecule has 6 heteroatoms. The second kappa shape index (κ2) is 7.39. The number of nitrogens with one attached hydrogen (secondary N) is 2. The van der Waals surface area contributed by atoms with Gasteiger partial charge in [-0.25, -0.2) is 9.78 Å². The lowest BCUT2D eigenvalue weighted by molar-refractivity contribution is 0.508.